The molecule has 0 amide bonds. The lowest BCUT2D eigenvalue weighted by molar-refractivity contribution is 0.238. The van der Waals surface area contributed by atoms with Crippen LogP contribution >= 0.6 is 34.8 Å². The van der Waals surface area contributed by atoms with Crippen molar-refractivity contribution >= 4 is 34.8 Å². The maximum atomic E-state index is 6.03. The number of ether oxygens (including phenoxy) is 1. The van der Waals surface area contributed by atoms with E-state index in [2.05, 4.69) is 19.2 Å². The molecule has 1 rings (SSSR count). The summed E-state index contributed by atoms with van der Waals surface area (Å²) in [5, 5.41) is 4.55. The number of halogens is 3. The summed E-state index contributed by atoms with van der Waals surface area (Å²) in [6.45, 7) is 4.75. The summed E-state index contributed by atoms with van der Waals surface area (Å²) in [6, 6.07) is 3.49. The molecule has 2 nitrogen and oxygen atoms in total. The van der Waals surface area contributed by atoms with Gasteiger partial charge in [-0.3, -0.25) is 0 Å². The van der Waals surface area contributed by atoms with Crippen molar-refractivity contribution in [1.29, 1.82) is 0 Å². The van der Waals surface area contributed by atoms with Crippen molar-refractivity contribution < 1.29 is 4.74 Å². The van der Waals surface area contributed by atoms with Gasteiger partial charge in [-0.25, -0.2) is 0 Å². The minimum atomic E-state index is 0.248. The Morgan fingerprint density at radius 2 is 1.71 bits per heavy atom. The average molecular weight is 297 g/mol. The minimum Gasteiger partial charge on any atom is -0.489 e. The van der Waals surface area contributed by atoms with E-state index in [4.69, 9.17) is 39.5 Å². The lowest BCUT2D eigenvalue weighted by Gasteiger charge is -2.21. The fraction of sp³-hybridized carbons (Fsp3) is 0.500. The first kappa shape index (κ1) is 14.9. The zero-order valence-electron chi connectivity index (χ0n) is 10.1. The molecule has 5 heteroatoms. The molecular weight excluding hydrogens is 280 g/mol. The van der Waals surface area contributed by atoms with Gasteiger partial charge in [0.1, 0.15) is 6.61 Å². The molecule has 1 aromatic carbocycles. The van der Waals surface area contributed by atoms with Gasteiger partial charge < -0.3 is 10.1 Å². The van der Waals surface area contributed by atoms with E-state index in [1.807, 2.05) is 7.05 Å². The SMILES string of the molecule is CNC(COc1c(Cl)cc(Cl)cc1Cl)C(C)C. The van der Waals surface area contributed by atoms with Crippen LogP contribution in [0.25, 0.3) is 0 Å². The summed E-state index contributed by atoms with van der Waals surface area (Å²) in [4.78, 5) is 0. The Kier molecular flexibility index (Phi) is 5.87. The van der Waals surface area contributed by atoms with Gasteiger partial charge in [0.2, 0.25) is 0 Å². The van der Waals surface area contributed by atoms with E-state index in [9.17, 15) is 0 Å². The van der Waals surface area contributed by atoms with Gasteiger partial charge in [0.15, 0.2) is 5.75 Å². The minimum absolute atomic E-state index is 0.248. The first-order chi connectivity index (χ1) is 7.95. The summed E-state index contributed by atoms with van der Waals surface area (Å²) < 4.78 is 5.65. The molecule has 0 aromatic heterocycles. The van der Waals surface area contributed by atoms with Crippen molar-refractivity contribution in [2.75, 3.05) is 13.7 Å². The maximum absolute atomic E-state index is 6.03. The average Bonchev–Trinajstić information content (AvgIpc) is 2.21. The van der Waals surface area contributed by atoms with Crippen LogP contribution in [0.1, 0.15) is 13.8 Å². The standard InChI is InChI=1S/C12H16Cl3NO/c1-7(2)11(16-3)6-17-12-9(14)4-8(13)5-10(12)15/h4-5,7,11,16H,6H2,1-3H3. The largest absolute Gasteiger partial charge is 0.489 e. The molecular formula is C12H16Cl3NO. The van der Waals surface area contributed by atoms with Gasteiger partial charge in [-0.05, 0) is 25.1 Å². The molecule has 0 heterocycles. The maximum Gasteiger partial charge on any atom is 0.156 e. The first-order valence-corrected chi connectivity index (χ1v) is 6.53. The highest BCUT2D eigenvalue weighted by molar-refractivity contribution is 6.40. The molecule has 0 spiro atoms. The molecule has 0 aliphatic heterocycles. The Labute approximate surface area is 117 Å². The quantitative estimate of drug-likeness (QED) is 0.876. The van der Waals surface area contributed by atoms with Crippen LogP contribution < -0.4 is 10.1 Å². The van der Waals surface area contributed by atoms with Crippen LogP contribution in [0, 0.1) is 5.92 Å². The predicted octanol–water partition coefficient (Wildman–Crippen LogP) is 4.27. The second kappa shape index (κ2) is 6.69. The molecule has 0 fully saturated rings. The highest BCUT2D eigenvalue weighted by Crippen LogP contribution is 2.35. The normalized spacial score (nSPS) is 12.9. The first-order valence-electron chi connectivity index (χ1n) is 5.40. The van der Waals surface area contributed by atoms with Crippen molar-refractivity contribution in [2.45, 2.75) is 19.9 Å². The highest BCUT2D eigenvalue weighted by Gasteiger charge is 2.14. The molecule has 0 bridgehead atoms. The lowest BCUT2D eigenvalue weighted by atomic mass is 10.1. The molecule has 0 saturated heterocycles. The molecule has 0 aliphatic carbocycles. The molecule has 1 aromatic rings. The fourth-order valence-corrected chi connectivity index (χ4v) is 2.38. The van der Waals surface area contributed by atoms with Crippen molar-refractivity contribution in [2.24, 2.45) is 5.92 Å². The van der Waals surface area contributed by atoms with E-state index in [1.165, 1.54) is 0 Å². The zero-order chi connectivity index (χ0) is 13.0. The van der Waals surface area contributed by atoms with E-state index in [1.54, 1.807) is 12.1 Å². The van der Waals surface area contributed by atoms with E-state index in [0.29, 0.717) is 33.3 Å². The van der Waals surface area contributed by atoms with Crippen molar-refractivity contribution in [3.8, 4) is 5.75 Å². The Balaban J connectivity index is 2.75. The van der Waals surface area contributed by atoms with Crippen molar-refractivity contribution in [3.05, 3.63) is 27.2 Å². The third-order valence-electron chi connectivity index (χ3n) is 2.55. The second-order valence-electron chi connectivity index (χ2n) is 4.15. The summed E-state index contributed by atoms with van der Waals surface area (Å²) in [6.07, 6.45) is 0. The van der Waals surface area contributed by atoms with Crippen LogP contribution in [0.2, 0.25) is 15.1 Å². The van der Waals surface area contributed by atoms with Crippen molar-refractivity contribution in [3.63, 3.8) is 0 Å². The van der Waals surface area contributed by atoms with Crippen LogP contribution in [0.15, 0.2) is 12.1 Å². The summed E-state index contributed by atoms with van der Waals surface area (Å²) in [5.74, 6) is 0.948. The smallest absolute Gasteiger partial charge is 0.156 e. The van der Waals surface area contributed by atoms with Crippen LogP contribution in [0.5, 0.6) is 5.75 Å². The Hall–Kier alpha value is -0.150. The van der Waals surface area contributed by atoms with Gasteiger partial charge in [-0.15, -0.1) is 0 Å². The van der Waals surface area contributed by atoms with Gasteiger partial charge in [-0.1, -0.05) is 48.7 Å². The fourth-order valence-electron chi connectivity index (χ4n) is 1.45. The van der Waals surface area contributed by atoms with Gasteiger partial charge in [0, 0.05) is 11.1 Å². The van der Waals surface area contributed by atoms with Gasteiger partial charge >= 0.3 is 0 Å². The Bertz CT molecular complexity index is 359. The predicted molar refractivity (Wildman–Crippen MR) is 74.7 cm³/mol. The van der Waals surface area contributed by atoms with Crippen LogP contribution in [0.4, 0.5) is 0 Å². The molecule has 17 heavy (non-hydrogen) atoms. The van der Waals surface area contributed by atoms with E-state index < -0.39 is 0 Å². The number of benzene rings is 1. The topological polar surface area (TPSA) is 21.3 Å². The van der Waals surface area contributed by atoms with E-state index in [0.717, 1.165) is 0 Å². The number of hydrogen-bond acceptors (Lipinski definition) is 2. The van der Waals surface area contributed by atoms with Crippen LogP contribution in [0.3, 0.4) is 0 Å². The third-order valence-corrected chi connectivity index (χ3v) is 3.33. The van der Waals surface area contributed by atoms with Crippen LogP contribution in [-0.4, -0.2) is 19.7 Å². The van der Waals surface area contributed by atoms with Crippen molar-refractivity contribution in [1.82, 2.24) is 5.32 Å². The number of hydrogen-bond donors (Lipinski definition) is 1. The summed E-state index contributed by atoms with van der Waals surface area (Å²) in [7, 11) is 1.90. The summed E-state index contributed by atoms with van der Waals surface area (Å²) in [5.41, 5.74) is 0. The number of rotatable bonds is 5. The highest BCUT2D eigenvalue weighted by atomic mass is 35.5. The molecule has 0 aliphatic rings. The molecule has 1 N–H and O–H groups in total. The number of nitrogens with one attached hydrogen (secondary N) is 1. The molecule has 0 saturated carbocycles. The Morgan fingerprint density at radius 3 is 2.12 bits per heavy atom. The Morgan fingerprint density at radius 1 is 1.18 bits per heavy atom. The molecule has 0 radical (unpaired) electrons. The zero-order valence-corrected chi connectivity index (χ0v) is 12.3. The van der Waals surface area contributed by atoms with E-state index in [-0.39, 0.29) is 6.04 Å². The summed E-state index contributed by atoms with van der Waals surface area (Å²) >= 11 is 17.9. The third kappa shape index (κ3) is 4.22. The molecule has 1 atom stereocenters. The molecule has 96 valence electrons. The van der Waals surface area contributed by atoms with Gasteiger partial charge in [0.05, 0.1) is 10.0 Å². The van der Waals surface area contributed by atoms with Gasteiger partial charge in [-0.2, -0.15) is 0 Å². The number of likely N-dealkylation sites (N-methyl/N-ethyl adjacent to an activating group) is 1. The molecule has 1 unspecified atom stereocenters. The monoisotopic (exact) mass is 295 g/mol. The van der Waals surface area contributed by atoms with E-state index >= 15 is 0 Å². The lowest BCUT2D eigenvalue weighted by Crippen LogP contribution is -2.36. The van der Waals surface area contributed by atoms with Crippen LogP contribution in [-0.2, 0) is 0 Å². The second-order valence-corrected chi connectivity index (χ2v) is 5.40. The van der Waals surface area contributed by atoms with Gasteiger partial charge in [0.25, 0.3) is 0 Å².